The third-order valence-corrected chi connectivity index (χ3v) is 9.80. The van der Waals surface area contributed by atoms with E-state index < -0.39 is 6.04 Å². The van der Waals surface area contributed by atoms with Gasteiger partial charge in [-0.3, -0.25) is 0 Å². The Morgan fingerprint density at radius 1 is 0.938 bits per heavy atom. The number of nitrogens with one attached hydrogen (secondary N) is 1. The smallest absolute Gasteiger partial charge is 0.338 e. The Bertz CT molecular complexity index is 1740. The predicted molar refractivity (Wildman–Crippen MR) is 191 cm³/mol. The van der Waals surface area contributed by atoms with Gasteiger partial charge in [0.15, 0.2) is 11.5 Å². The van der Waals surface area contributed by atoms with Crippen molar-refractivity contribution in [2.24, 2.45) is 0 Å². The SMILES string of the molecule is CCOc1cc(C2C(C(=O)OC3CCCCC3)=C(C)Nc3nc(SCc4ccccc4)nn32)ccc1OCc1ccc(C(C)(C)C)cc1. The first-order chi connectivity index (χ1) is 23.2. The van der Waals surface area contributed by atoms with Crippen LogP contribution in [-0.2, 0) is 27.3 Å². The summed E-state index contributed by atoms with van der Waals surface area (Å²) in [6, 6.07) is 24.1. The van der Waals surface area contributed by atoms with Gasteiger partial charge in [0.25, 0.3) is 0 Å². The lowest BCUT2D eigenvalue weighted by atomic mass is 9.87. The fraction of sp³-hybridized carbons (Fsp3) is 0.410. The molecule has 1 fully saturated rings. The molecule has 1 aliphatic heterocycles. The van der Waals surface area contributed by atoms with Crippen LogP contribution >= 0.6 is 11.8 Å². The number of ether oxygens (including phenoxy) is 3. The monoisotopic (exact) mass is 666 g/mol. The number of carbonyl (C=O) groups is 1. The van der Waals surface area contributed by atoms with Crippen LogP contribution in [0.15, 0.2) is 89.2 Å². The van der Waals surface area contributed by atoms with Gasteiger partial charge < -0.3 is 19.5 Å². The van der Waals surface area contributed by atoms with E-state index in [9.17, 15) is 4.79 Å². The van der Waals surface area contributed by atoms with Crippen LogP contribution in [0.3, 0.4) is 0 Å². The number of anilines is 1. The van der Waals surface area contributed by atoms with Crippen molar-refractivity contribution in [2.75, 3.05) is 11.9 Å². The summed E-state index contributed by atoms with van der Waals surface area (Å²) >= 11 is 1.56. The Labute approximate surface area is 288 Å². The van der Waals surface area contributed by atoms with Crippen molar-refractivity contribution >= 4 is 23.7 Å². The number of hydrogen-bond acceptors (Lipinski definition) is 8. The quantitative estimate of drug-likeness (QED) is 0.125. The van der Waals surface area contributed by atoms with Gasteiger partial charge >= 0.3 is 5.97 Å². The second-order valence-corrected chi connectivity index (χ2v) is 14.5. The van der Waals surface area contributed by atoms with Crippen molar-refractivity contribution in [1.82, 2.24) is 14.8 Å². The number of nitrogens with zero attached hydrogens (tertiary/aromatic N) is 3. The molecule has 1 aliphatic carbocycles. The van der Waals surface area contributed by atoms with Crippen molar-refractivity contribution in [2.45, 2.75) is 102 Å². The Morgan fingerprint density at radius 3 is 2.40 bits per heavy atom. The van der Waals surface area contributed by atoms with E-state index >= 15 is 0 Å². The highest BCUT2D eigenvalue weighted by Crippen LogP contribution is 2.41. The number of aromatic nitrogens is 3. The molecule has 6 rings (SSSR count). The van der Waals surface area contributed by atoms with Crippen LogP contribution in [0.5, 0.6) is 11.5 Å². The molecule has 0 spiro atoms. The molecule has 8 nitrogen and oxygen atoms in total. The average molecular weight is 667 g/mol. The second-order valence-electron chi connectivity index (χ2n) is 13.5. The number of benzene rings is 3. The molecule has 2 heterocycles. The number of carbonyl (C=O) groups excluding carboxylic acids is 1. The van der Waals surface area contributed by atoms with Gasteiger partial charge in [-0.05, 0) is 79.3 Å². The Morgan fingerprint density at radius 2 is 1.69 bits per heavy atom. The third kappa shape index (κ3) is 7.89. The average Bonchev–Trinajstić information content (AvgIpc) is 3.49. The summed E-state index contributed by atoms with van der Waals surface area (Å²) in [7, 11) is 0. The van der Waals surface area contributed by atoms with E-state index in [-0.39, 0.29) is 17.5 Å². The lowest BCUT2D eigenvalue weighted by Crippen LogP contribution is -2.32. The molecule has 9 heteroatoms. The van der Waals surface area contributed by atoms with Crippen LogP contribution in [0.4, 0.5) is 5.95 Å². The van der Waals surface area contributed by atoms with E-state index in [0.717, 1.165) is 42.6 Å². The Hall–Kier alpha value is -4.24. The van der Waals surface area contributed by atoms with E-state index in [1.165, 1.54) is 17.5 Å². The van der Waals surface area contributed by atoms with E-state index in [4.69, 9.17) is 24.3 Å². The topological polar surface area (TPSA) is 87.5 Å². The van der Waals surface area contributed by atoms with Crippen molar-refractivity contribution in [3.05, 3.63) is 106 Å². The van der Waals surface area contributed by atoms with Gasteiger partial charge in [0.1, 0.15) is 18.8 Å². The standard InChI is InChI=1S/C39H46N4O4S/c1-6-45-33-23-29(19-22-32(33)46-24-27-17-20-30(21-18-27)39(3,4)5)35-34(36(44)47-31-15-11-8-12-16-31)26(2)40-37-41-38(42-43(35)37)48-25-28-13-9-7-10-14-28/h7,9-10,13-14,17-23,31,35H,6,8,11-12,15-16,24-25H2,1-5H3,(H,40,41,42). The predicted octanol–water partition coefficient (Wildman–Crippen LogP) is 9.01. The third-order valence-electron chi connectivity index (χ3n) is 8.89. The lowest BCUT2D eigenvalue weighted by Gasteiger charge is -2.30. The van der Waals surface area contributed by atoms with E-state index in [2.05, 4.69) is 62.5 Å². The Kier molecular flexibility index (Phi) is 10.4. The number of hydrogen-bond donors (Lipinski definition) is 1. The molecule has 2 aliphatic rings. The first-order valence-corrected chi connectivity index (χ1v) is 18.0. The van der Waals surface area contributed by atoms with Gasteiger partial charge in [0, 0.05) is 11.4 Å². The zero-order valence-corrected chi connectivity index (χ0v) is 29.4. The minimum absolute atomic E-state index is 0.0754. The summed E-state index contributed by atoms with van der Waals surface area (Å²) in [4.78, 5) is 18.8. The highest BCUT2D eigenvalue weighted by atomic mass is 32.2. The minimum atomic E-state index is -0.561. The highest BCUT2D eigenvalue weighted by Gasteiger charge is 2.37. The molecular weight excluding hydrogens is 621 g/mol. The zero-order chi connectivity index (χ0) is 33.7. The van der Waals surface area contributed by atoms with Gasteiger partial charge in [-0.15, -0.1) is 5.10 Å². The van der Waals surface area contributed by atoms with Crippen LogP contribution in [0.1, 0.15) is 95.0 Å². The van der Waals surface area contributed by atoms with Gasteiger partial charge in [-0.1, -0.05) is 99.6 Å². The number of rotatable bonds is 11. The summed E-state index contributed by atoms with van der Waals surface area (Å²) < 4.78 is 20.4. The van der Waals surface area contributed by atoms with Crippen molar-refractivity contribution < 1.29 is 19.0 Å². The van der Waals surface area contributed by atoms with Crippen molar-refractivity contribution in [3.8, 4) is 11.5 Å². The highest BCUT2D eigenvalue weighted by molar-refractivity contribution is 7.98. The van der Waals surface area contributed by atoms with E-state index in [1.54, 1.807) is 16.4 Å². The summed E-state index contributed by atoms with van der Waals surface area (Å²) in [6.07, 6.45) is 5.05. The van der Waals surface area contributed by atoms with Crippen molar-refractivity contribution in [3.63, 3.8) is 0 Å². The molecule has 48 heavy (non-hydrogen) atoms. The Balaban J connectivity index is 1.30. The summed E-state index contributed by atoms with van der Waals surface area (Å²) in [5, 5.41) is 8.90. The fourth-order valence-electron chi connectivity index (χ4n) is 6.23. The molecule has 4 aromatic rings. The molecular formula is C39H46N4O4S. The number of esters is 1. The summed E-state index contributed by atoms with van der Waals surface area (Å²) in [6.45, 7) is 11.4. The summed E-state index contributed by atoms with van der Waals surface area (Å²) in [5.41, 5.74) is 5.70. The van der Waals surface area contributed by atoms with Gasteiger partial charge in [0.05, 0.1) is 12.2 Å². The van der Waals surface area contributed by atoms with Crippen LogP contribution in [0, 0.1) is 0 Å². The molecule has 0 bridgehead atoms. The molecule has 252 valence electrons. The molecule has 1 saturated carbocycles. The minimum Gasteiger partial charge on any atom is -0.490 e. The largest absolute Gasteiger partial charge is 0.490 e. The maximum Gasteiger partial charge on any atom is 0.338 e. The van der Waals surface area contributed by atoms with Gasteiger partial charge in [0.2, 0.25) is 11.1 Å². The molecule has 0 saturated heterocycles. The molecule has 0 radical (unpaired) electrons. The summed E-state index contributed by atoms with van der Waals surface area (Å²) in [5.74, 6) is 2.24. The first-order valence-electron chi connectivity index (χ1n) is 17.0. The number of fused-ring (bicyclic) bond motifs is 1. The van der Waals surface area contributed by atoms with E-state index in [1.807, 2.05) is 50.2 Å². The van der Waals surface area contributed by atoms with Gasteiger partial charge in [-0.2, -0.15) is 4.98 Å². The first kappa shape index (κ1) is 33.7. The normalized spacial score (nSPS) is 16.6. The molecule has 1 unspecified atom stereocenters. The number of allylic oxidation sites excluding steroid dienone is 1. The zero-order valence-electron chi connectivity index (χ0n) is 28.6. The maximum absolute atomic E-state index is 14.0. The molecule has 3 aromatic carbocycles. The van der Waals surface area contributed by atoms with Crippen LogP contribution in [0.25, 0.3) is 0 Å². The number of thioether (sulfide) groups is 1. The molecule has 1 atom stereocenters. The fourth-order valence-corrected chi connectivity index (χ4v) is 7.01. The molecule has 1 N–H and O–H groups in total. The van der Waals surface area contributed by atoms with E-state index in [0.29, 0.717) is 47.1 Å². The lowest BCUT2D eigenvalue weighted by molar-refractivity contribution is -0.146. The van der Waals surface area contributed by atoms with Gasteiger partial charge in [-0.25, -0.2) is 9.48 Å². The van der Waals surface area contributed by atoms with Crippen LogP contribution < -0.4 is 14.8 Å². The van der Waals surface area contributed by atoms with Crippen LogP contribution in [-0.4, -0.2) is 33.4 Å². The molecule has 1 aromatic heterocycles. The maximum atomic E-state index is 14.0. The van der Waals surface area contributed by atoms with Crippen molar-refractivity contribution in [1.29, 1.82) is 0 Å². The molecule has 0 amide bonds. The second kappa shape index (κ2) is 14.9. The van der Waals surface area contributed by atoms with Crippen LogP contribution in [0.2, 0.25) is 0 Å².